The molecule has 3 N–H and O–H groups in total. The van der Waals surface area contributed by atoms with Gasteiger partial charge in [0.15, 0.2) is 5.60 Å². The predicted molar refractivity (Wildman–Crippen MR) is 102 cm³/mol. The van der Waals surface area contributed by atoms with Gasteiger partial charge in [-0.15, -0.1) is 0 Å². The summed E-state index contributed by atoms with van der Waals surface area (Å²) in [5, 5.41) is 15.3. The number of nitrogens with two attached hydrogens (primary N) is 1. The van der Waals surface area contributed by atoms with Gasteiger partial charge in [0.25, 0.3) is 10.0 Å². The van der Waals surface area contributed by atoms with E-state index in [-0.39, 0.29) is 29.0 Å². The minimum absolute atomic E-state index is 0.0578. The Bertz CT molecular complexity index is 1180. The van der Waals surface area contributed by atoms with E-state index >= 15 is 0 Å². The van der Waals surface area contributed by atoms with Gasteiger partial charge >= 0.3 is 6.18 Å². The lowest BCUT2D eigenvalue weighted by atomic mass is 9.77. The molecule has 0 fully saturated rings. The molecular weight excluding hydrogens is 445 g/mol. The minimum atomic E-state index is -4.94. The predicted octanol–water partition coefficient (Wildman–Crippen LogP) is 2.10. The van der Waals surface area contributed by atoms with E-state index < -0.39 is 49.1 Å². The third kappa shape index (κ3) is 3.77. The summed E-state index contributed by atoms with van der Waals surface area (Å²) in [6.07, 6.45) is -4.95. The van der Waals surface area contributed by atoms with Crippen molar-refractivity contribution in [3.63, 3.8) is 0 Å². The highest BCUT2D eigenvalue weighted by molar-refractivity contribution is 7.90. The molecule has 12 heteroatoms. The van der Waals surface area contributed by atoms with Crippen LogP contribution in [0.25, 0.3) is 0 Å². The van der Waals surface area contributed by atoms with Crippen LogP contribution in [0.1, 0.15) is 30.2 Å². The van der Waals surface area contributed by atoms with Crippen LogP contribution in [0.2, 0.25) is 0 Å². The number of aromatic nitrogens is 1. The number of primary sulfonamides is 1. The first-order valence-corrected chi connectivity index (χ1v) is 11.9. The minimum Gasteiger partial charge on any atom is -0.380 e. The van der Waals surface area contributed by atoms with Gasteiger partial charge in [-0.3, -0.25) is 0 Å². The van der Waals surface area contributed by atoms with E-state index in [0.29, 0.717) is 10.9 Å². The monoisotopic (exact) mass is 466 g/mol. The number of hydrogen-bond donors (Lipinski definition) is 2. The molecule has 3 rings (SSSR count). The Morgan fingerprint density at radius 1 is 1.13 bits per heavy atom. The van der Waals surface area contributed by atoms with Crippen LogP contribution < -0.4 is 5.14 Å². The van der Waals surface area contributed by atoms with Crippen LogP contribution in [0.4, 0.5) is 13.2 Å². The van der Waals surface area contributed by atoms with Gasteiger partial charge in [-0.1, -0.05) is 17.7 Å². The second-order valence-electron chi connectivity index (χ2n) is 7.66. The number of aliphatic hydroxyl groups is 1. The fourth-order valence-corrected chi connectivity index (χ4v) is 5.98. The van der Waals surface area contributed by atoms with Crippen LogP contribution in [-0.4, -0.2) is 37.7 Å². The fourth-order valence-electron chi connectivity index (χ4n) is 3.67. The van der Waals surface area contributed by atoms with Gasteiger partial charge in [0.2, 0.25) is 10.0 Å². The molecular formula is C18H21F3N2O5S2. The number of alkyl halides is 3. The van der Waals surface area contributed by atoms with Gasteiger partial charge in [-0.25, -0.2) is 25.9 Å². The van der Waals surface area contributed by atoms with Gasteiger partial charge in [0.05, 0.1) is 4.90 Å². The highest BCUT2D eigenvalue weighted by Gasteiger charge is 2.55. The van der Waals surface area contributed by atoms with E-state index in [9.17, 15) is 35.1 Å². The third-order valence-corrected chi connectivity index (χ3v) is 8.26. The molecule has 1 aliphatic carbocycles. The van der Waals surface area contributed by atoms with Crippen molar-refractivity contribution < 1.29 is 35.1 Å². The molecule has 1 heterocycles. The highest BCUT2D eigenvalue weighted by atomic mass is 32.2. The van der Waals surface area contributed by atoms with Crippen molar-refractivity contribution in [1.82, 2.24) is 3.97 Å². The molecule has 2 unspecified atom stereocenters. The molecule has 7 nitrogen and oxygen atoms in total. The van der Waals surface area contributed by atoms with Gasteiger partial charge < -0.3 is 5.11 Å². The Morgan fingerprint density at radius 2 is 1.70 bits per heavy atom. The Hall–Kier alpha value is -1.89. The summed E-state index contributed by atoms with van der Waals surface area (Å²) in [5.41, 5.74) is -2.35. The first-order valence-electron chi connectivity index (χ1n) is 8.94. The Labute approximate surface area is 172 Å². The molecule has 0 saturated carbocycles. The Morgan fingerprint density at radius 3 is 2.20 bits per heavy atom. The maximum absolute atomic E-state index is 13.3. The molecule has 0 bridgehead atoms. The van der Waals surface area contributed by atoms with Gasteiger partial charge in [-0.05, 0) is 50.8 Å². The normalized spacial score (nSPS) is 19.9. The molecule has 1 aromatic heterocycles. The maximum Gasteiger partial charge on any atom is 0.417 e. The average molecular weight is 467 g/mol. The van der Waals surface area contributed by atoms with Crippen LogP contribution in [0, 0.1) is 12.8 Å². The second kappa shape index (κ2) is 7.08. The lowest BCUT2D eigenvalue weighted by molar-refractivity contribution is -0.273. The number of sulfonamides is 1. The summed E-state index contributed by atoms with van der Waals surface area (Å²) in [6.45, 7) is 2.38. The van der Waals surface area contributed by atoms with E-state index in [1.165, 1.54) is 12.1 Å². The van der Waals surface area contributed by atoms with Crippen LogP contribution >= 0.6 is 0 Å². The quantitative estimate of drug-likeness (QED) is 0.715. The number of rotatable bonds is 4. The molecule has 2 aromatic rings. The molecule has 0 aliphatic heterocycles. The zero-order valence-corrected chi connectivity index (χ0v) is 17.8. The molecule has 1 aromatic carbocycles. The number of aryl methyl sites for hydroxylation is 1. The maximum atomic E-state index is 13.3. The zero-order chi connectivity index (χ0) is 22.7. The Kier molecular flexibility index (Phi) is 5.37. The van der Waals surface area contributed by atoms with E-state index in [1.807, 2.05) is 0 Å². The van der Waals surface area contributed by atoms with Crippen LogP contribution in [0.15, 0.2) is 40.3 Å². The van der Waals surface area contributed by atoms with Crippen molar-refractivity contribution in [3.8, 4) is 0 Å². The summed E-state index contributed by atoms with van der Waals surface area (Å²) < 4.78 is 91.0. The highest BCUT2D eigenvalue weighted by Crippen LogP contribution is 2.43. The molecule has 0 spiro atoms. The van der Waals surface area contributed by atoms with Crippen LogP contribution in [0.5, 0.6) is 0 Å². The Balaban J connectivity index is 2.20. The lowest BCUT2D eigenvalue weighted by Crippen LogP contribution is -2.50. The molecule has 0 radical (unpaired) electrons. The van der Waals surface area contributed by atoms with Gasteiger partial charge in [-0.2, -0.15) is 13.2 Å². The smallest absolute Gasteiger partial charge is 0.380 e. The molecule has 1 aliphatic rings. The number of benzene rings is 1. The molecule has 30 heavy (non-hydrogen) atoms. The first kappa shape index (κ1) is 22.8. The van der Waals surface area contributed by atoms with Crippen molar-refractivity contribution >= 4 is 20.0 Å². The molecule has 0 saturated heterocycles. The summed E-state index contributed by atoms with van der Waals surface area (Å²) in [7, 11) is -8.63. The third-order valence-electron chi connectivity index (χ3n) is 5.58. The second-order valence-corrected chi connectivity index (χ2v) is 11.0. The standard InChI is InChI=1S/C18H21F3N2O5S2/c1-11-3-6-13(7-4-11)30(27,28)23-10-16(29(22,25)26)14-8-5-12(9-15(14)23)17(2,24)18(19,20)21/h3-4,6-7,10,12,24H,5,8-9H2,1-2H3,(H2,22,25,26). The van der Waals surface area contributed by atoms with Crippen molar-refractivity contribution in [1.29, 1.82) is 0 Å². The van der Waals surface area contributed by atoms with Crippen molar-refractivity contribution in [2.75, 3.05) is 0 Å². The number of hydrogen-bond acceptors (Lipinski definition) is 5. The van der Waals surface area contributed by atoms with Gasteiger partial charge in [0, 0.05) is 17.8 Å². The van der Waals surface area contributed by atoms with E-state index in [1.54, 1.807) is 19.1 Å². The summed E-state index contributed by atoms with van der Waals surface area (Å²) in [4.78, 5) is -0.602. The number of halogens is 3. The zero-order valence-electron chi connectivity index (χ0n) is 16.1. The van der Waals surface area contributed by atoms with Crippen molar-refractivity contribution in [2.24, 2.45) is 11.1 Å². The molecule has 0 amide bonds. The number of nitrogens with zero attached hydrogens (tertiary/aromatic N) is 1. The van der Waals surface area contributed by atoms with E-state index in [0.717, 1.165) is 11.8 Å². The molecule has 166 valence electrons. The van der Waals surface area contributed by atoms with Crippen LogP contribution in [-0.2, 0) is 32.9 Å². The van der Waals surface area contributed by atoms with Crippen molar-refractivity contribution in [3.05, 3.63) is 47.3 Å². The first-order chi connectivity index (χ1) is 13.6. The van der Waals surface area contributed by atoms with Gasteiger partial charge in [0.1, 0.15) is 4.90 Å². The summed E-state index contributed by atoms with van der Waals surface area (Å²) in [6, 6.07) is 5.72. The largest absolute Gasteiger partial charge is 0.417 e. The summed E-state index contributed by atoms with van der Waals surface area (Å²) >= 11 is 0. The SMILES string of the molecule is Cc1ccc(S(=O)(=O)n2cc(S(N)(=O)=O)c3c2CC(C(C)(O)C(F)(F)F)CC3)cc1. The summed E-state index contributed by atoms with van der Waals surface area (Å²) in [5.74, 6) is -1.36. The fraction of sp³-hybridized carbons (Fsp3) is 0.444. The van der Waals surface area contributed by atoms with E-state index in [4.69, 9.17) is 5.14 Å². The van der Waals surface area contributed by atoms with Crippen LogP contribution in [0.3, 0.4) is 0 Å². The topological polar surface area (TPSA) is 119 Å². The van der Waals surface area contributed by atoms with E-state index in [2.05, 4.69) is 0 Å². The molecule has 2 atom stereocenters. The average Bonchev–Trinajstić information content (AvgIpc) is 3.01. The van der Waals surface area contributed by atoms with Crippen molar-refractivity contribution in [2.45, 2.75) is 54.7 Å². The number of fused-ring (bicyclic) bond motifs is 1. The lowest BCUT2D eigenvalue weighted by Gasteiger charge is -2.37.